The summed E-state index contributed by atoms with van der Waals surface area (Å²) >= 11 is -1.92. The number of anilines is 1. The minimum atomic E-state index is -1.92. The first-order valence-electron chi connectivity index (χ1n) is 5.10. The molecule has 2 rings (SSSR count). The molecular weight excluding hydrogens is 236 g/mol. The lowest BCUT2D eigenvalue weighted by Gasteiger charge is -2.05. The second-order valence-electron chi connectivity index (χ2n) is 3.45. The summed E-state index contributed by atoms with van der Waals surface area (Å²) in [7, 11) is 0. The van der Waals surface area contributed by atoms with Gasteiger partial charge in [0.1, 0.15) is 0 Å². The highest BCUT2D eigenvalue weighted by Gasteiger charge is 1.99. The van der Waals surface area contributed by atoms with Crippen molar-refractivity contribution in [2.24, 2.45) is 0 Å². The van der Waals surface area contributed by atoms with E-state index < -0.39 is 11.1 Å². The summed E-state index contributed by atoms with van der Waals surface area (Å²) in [5.74, 6) is 0. The van der Waals surface area contributed by atoms with Gasteiger partial charge in [-0.25, -0.2) is 4.21 Å². The number of hydrogen-bond acceptors (Lipinski definition) is 3. The fourth-order valence-electron chi connectivity index (χ4n) is 1.38. The first-order valence-corrected chi connectivity index (χ1v) is 6.21. The van der Waals surface area contributed by atoms with E-state index in [1.165, 1.54) is 0 Å². The van der Waals surface area contributed by atoms with Crippen molar-refractivity contribution in [3.8, 4) is 0 Å². The molecule has 0 fully saturated rings. The van der Waals surface area contributed by atoms with Crippen LogP contribution >= 0.6 is 0 Å². The molecule has 1 aromatic carbocycles. The molecular formula is C12H12N2O2S. The van der Waals surface area contributed by atoms with E-state index in [0.29, 0.717) is 11.4 Å². The molecule has 1 aromatic heterocycles. The highest BCUT2D eigenvalue weighted by Crippen LogP contribution is 2.12. The number of nitrogens with zero attached hydrogens (tertiary/aromatic N) is 1. The Morgan fingerprint density at radius 1 is 1.18 bits per heavy atom. The van der Waals surface area contributed by atoms with Crippen LogP contribution in [0.3, 0.4) is 0 Å². The van der Waals surface area contributed by atoms with Crippen LogP contribution in [-0.2, 0) is 17.6 Å². The van der Waals surface area contributed by atoms with Gasteiger partial charge in [0.05, 0.1) is 17.1 Å². The van der Waals surface area contributed by atoms with Gasteiger partial charge in [0, 0.05) is 11.9 Å². The van der Waals surface area contributed by atoms with Crippen LogP contribution < -0.4 is 5.32 Å². The molecule has 1 unspecified atom stereocenters. The van der Waals surface area contributed by atoms with Gasteiger partial charge in [0.15, 0.2) is 11.1 Å². The Morgan fingerprint density at radius 3 is 2.53 bits per heavy atom. The molecule has 0 saturated carbocycles. The Bertz CT molecular complexity index is 500. The Hall–Kier alpha value is -1.72. The highest BCUT2D eigenvalue weighted by atomic mass is 32.2. The van der Waals surface area contributed by atoms with E-state index in [4.69, 9.17) is 4.55 Å². The average molecular weight is 248 g/mol. The third kappa shape index (κ3) is 3.37. The fourth-order valence-corrected chi connectivity index (χ4v) is 1.75. The second kappa shape index (κ2) is 5.56. The Balaban J connectivity index is 1.98. The summed E-state index contributed by atoms with van der Waals surface area (Å²) in [6.07, 6.45) is 1.75. The molecule has 5 heteroatoms. The average Bonchev–Trinajstić information content (AvgIpc) is 2.38. The molecule has 88 valence electrons. The molecule has 0 saturated heterocycles. The quantitative estimate of drug-likeness (QED) is 0.815. The molecule has 2 aromatic rings. The van der Waals surface area contributed by atoms with Crippen LogP contribution in [0, 0.1) is 0 Å². The zero-order chi connectivity index (χ0) is 12.1. The maximum Gasteiger partial charge on any atom is 0.186 e. The van der Waals surface area contributed by atoms with Gasteiger partial charge in [0.2, 0.25) is 0 Å². The van der Waals surface area contributed by atoms with Crippen LogP contribution in [0.25, 0.3) is 0 Å². The minimum Gasteiger partial charge on any atom is -0.379 e. The number of nitrogens with one attached hydrogen (secondary N) is 1. The van der Waals surface area contributed by atoms with Gasteiger partial charge in [-0.2, -0.15) is 0 Å². The Labute approximate surface area is 102 Å². The molecule has 0 bridgehead atoms. The van der Waals surface area contributed by atoms with Crippen molar-refractivity contribution in [3.63, 3.8) is 0 Å². The lowest BCUT2D eigenvalue weighted by Crippen LogP contribution is -2.01. The van der Waals surface area contributed by atoms with Crippen LogP contribution in [0.5, 0.6) is 0 Å². The van der Waals surface area contributed by atoms with Crippen molar-refractivity contribution in [3.05, 3.63) is 54.4 Å². The van der Waals surface area contributed by atoms with Gasteiger partial charge in [0.25, 0.3) is 0 Å². The molecule has 1 heterocycles. The lowest BCUT2D eigenvalue weighted by molar-refractivity contribution is 0.564. The first kappa shape index (κ1) is 11.8. The molecule has 0 aliphatic heterocycles. The van der Waals surface area contributed by atoms with E-state index in [2.05, 4.69) is 10.3 Å². The van der Waals surface area contributed by atoms with Gasteiger partial charge < -0.3 is 9.87 Å². The summed E-state index contributed by atoms with van der Waals surface area (Å²) in [6.45, 7) is 0.627. The molecule has 17 heavy (non-hydrogen) atoms. The van der Waals surface area contributed by atoms with E-state index in [1.807, 2.05) is 18.2 Å². The zero-order valence-corrected chi connectivity index (χ0v) is 9.85. The van der Waals surface area contributed by atoms with Gasteiger partial charge in [-0.05, 0) is 36.4 Å². The monoisotopic (exact) mass is 248 g/mol. The van der Waals surface area contributed by atoms with Crippen LogP contribution in [-0.4, -0.2) is 13.7 Å². The normalized spacial score (nSPS) is 12.1. The number of benzene rings is 1. The van der Waals surface area contributed by atoms with Gasteiger partial charge >= 0.3 is 0 Å². The predicted octanol–water partition coefficient (Wildman–Crippen LogP) is 2.27. The van der Waals surface area contributed by atoms with Gasteiger partial charge in [-0.15, -0.1) is 0 Å². The smallest absolute Gasteiger partial charge is 0.186 e. The highest BCUT2D eigenvalue weighted by molar-refractivity contribution is 7.79. The van der Waals surface area contributed by atoms with E-state index in [9.17, 15) is 4.21 Å². The van der Waals surface area contributed by atoms with E-state index in [1.54, 1.807) is 30.5 Å². The van der Waals surface area contributed by atoms with E-state index in [-0.39, 0.29) is 0 Å². The topological polar surface area (TPSA) is 62.2 Å². The minimum absolute atomic E-state index is 0.397. The SMILES string of the molecule is O=S(O)c1ccc(NCc2ccccn2)cc1. The molecule has 0 aliphatic carbocycles. The van der Waals surface area contributed by atoms with Crippen LogP contribution in [0.1, 0.15) is 5.69 Å². The van der Waals surface area contributed by atoms with Crippen LogP contribution in [0.15, 0.2) is 53.6 Å². The van der Waals surface area contributed by atoms with Crippen LogP contribution in [0.2, 0.25) is 0 Å². The molecule has 0 aliphatic rings. The number of aromatic nitrogens is 1. The van der Waals surface area contributed by atoms with E-state index >= 15 is 0 Å². The van der Waals surface area contributed by atoms with Gasteiger partial charge in [-0.1, -0.05) is 6.07 Å². The Kier molecular flexibility index (Phi) is 3.85. The first-order chi connectivity index (χ1) is 8.25. The van der Waals surface area contributed by atoms with Crippen molar-refractivity contribution < 1.29 is 8.76 Å². The maximum absolute atomic E-state index is 10.8. The van der Waals surface area contributed by atoms with E-state index in [0.717, 1.165) is 11.4 Å². The van der Waals surface area contributed by atoms with Crippen molar-refractivity contribution in [2.45, 2.75) is 11.4 Å². The maximum atomic E-state index is 10.8. The second-order valence-corrected chi connectivity index (χ2v) is 4.42. The number of hydrogen-bond donors (Lipinski definition) is 2. The van der Waals surface area contributed by atoms with Crippen molar-refractivity contribution in [1.82, 2.24) is 4.98 Å². The predicted molar refractivity (Wildman–Crippen MR) is 67.0 cm³/mol. The van der Waals surface area contributed by atoms with Crippen molar-refractivity contribution in [1.29, 1.82) is 0 Å². The summed E-state index contributed by atoms with van der Waals surface area (Å²) in [6, 6.07) is 12.5. The summed E-state index contributed by atoms with van der Waals surface area (Å²) in [5, 5.41) is 3.18. The molecule has 1 atom stereocenters. The van der Waals surface area contributed by atoms with Crippen LogP contribution in [0.4, 0.5) is 5.69 Å². The zero-order valence-electron chi connectivity index (χ0n) is 9.04. The number of rotatable bonds is 4. The Morgan fingerprint density at radius 2 is 1.94 bits per heavy atom. The molecule has 0 amide bonds. The molecule has 2 N–H and O–H groups in total. The third-order valence-corrected chi connectivity index (χ3v) is 2.93. The number of pyridine rings is 1. The fraction of sp³-hybridized carbons (Fsp3) is 0.0833. The lowest BCUT2D eigenvalue weighted by atomic mass is 10.3. The van der Waals surface area contributed by atoms with Crippen molar-refractivity contribution in [2.75, 3.05) is 5.32 Å². The van der Waals surface area contributed by atoms with Crippen molar-refractivity contribution >= 4 is 16.8 Å². The van der Waals surface area contributed by atoms with Gasteiger partial charge in [-0.3, -0.25) is 4.98 Å². The summed E-state index contributed by atoms with van der Waals surface area (Å²) in [4.78, 5) is 4.59. The third-order valence-electron chi connectivity index (χ3n) is 2.26. The molecule has 0 spiro atoms. The standard InChI is InChI=1S/C12H12N2O2S/c15-17(16)12-6-4-10(5-7-12)14-9-11-3-1-2-8-13-11/h1-8,14H,9H2,(H,15,16). The molecule has 4 nitrogen and oxygen atoms in total. The molecule has 0 radical (unpaired) electrons. The largest absolute Gasteiger partial charge is 0.379 e. The summed E-state index contributed by atoms with van der Waals surface area (Å²) < 4.78 is 19.6. The summed E-state index contributed by atoms with van der Waals surface area (Å²) in [5.41, 5.74) is 1.84.